The number of nitrogens with one attached hydrogen (secondary N) is 1. The normalized spacial score (nSPS) is 35.5. The lowest BCUT2D eigenvalue weighted by molar-refractivity contribution is -0.116. The minimum absolute atomic E-state index is 0.186. The molecule has 3 aliphatic rings. The van der Waals surface area contributed by atoms with Gasteiger partial charge in [0.05, 0.1) is 0 Å². The van der Waals surface area contributed by atoms with Gasteiger partial charge in [0.1, 0.15) is 0 Å². The molecule has 1 aromatic rings. The number of anilines is 1. The van der Waals surface area contributed by atoms with Crippen molar-refractivity contribution >= 4 is 19.5 Å². The molecule has 4 rings (SSSR count). The van der Waals surface area contributed by atoms with E-state index in [9.17, 15) is 4.79 Å². The summed E-state index contributed by atoms with van der Waals surface area (Å²) in [5, 5.41) is 3.01. The van der Waals surface area contributed by atoms with Gasteiger partial charge in [0.2, 0.25) is 5.91 Å². The second kappa shape index (κ2) is 5.96. The van der Waals surface area contributed by atoms with E-state index in [1.807, 2.05) is 30.3 Å². The van der Waals surface area contributed by atoms with E-state index in [1.54, 1.807) is 0 Å². The number of carbonyl (C=O) groups excluding carboxylic acids is 1. The standard InChI is InChI=1S/C19H26NOP/c21-18(20-15-7-2-1-3-8-15)11-6-14-22-16-9-4-12-19(16)13-5-10-17(19)22/h1-3,7-8,16-17H,4-6,9-14H2,(H,20,21). The first kappa shape index (κ1) is 14.7. The van der Waals surface area contributed by atoms with Crippen molar-refractivity contribution in [3.63, 3.8) is 0 Å². The molecular weight excluding hydrogens is 289 g/mol. The molecular formula is C19H26NOP. The highest BCUT2D eigenvalue weighted by molar-refractivity contribution is 7.61. The minimum atomic E-state index is 0.186. The summed E-state index contributed by atoms with van der Waals surface area (Å²) in [7, 11) is 0.242. The Balaban J connectivity index is 1.25. The molecule has 3 fully saturated rings. The lowest BCUT2D eigenvalue weighted by atomic mass is 9.82. The van der Waals surface area contributed by atoms with Crippen molar-refractivity contribution in [3.05, 3.63) is 30.3 Å². The summed E-state index contributed by atoms with van der Waals surface area (Å²) in [5.74, 6) is 0.186. The van der Waals surface area contributed by atoms with Crippen molar-refractivity contribution in [1.29, 1.82) is 0 Å². The monoisotopic (exact) mass is 315 g/mol. The smallest absolute Gasteiger partial charge is 0.224 e. The molecule has 2 atom stereocenters. The number of para-hydroxylation sites is 1. The first-order valence-corrected chi connectivity index (χ1v) is 10.6. The average molecular weight is 315 g/mol. The molecule has 118 valence electrons. The SMILES string of the molecule is O=C(CCCP1C2CCCC23CCCC13)Nc1ccccc1. The van der Waals surface area contributed by atoms with Gasteiger partial charge in [-0.3, -0.25) is 4.79 Å². The van der Waals surface area contributed by atoms with Crippen LogP contribution in [0.2, 0.25) is 0 Å². The molecule has 1 aliphatic heterocycles. The Morgan fingerprint density at radius 1 is 1.14 bits per heavy atom. The van der Waals surface area contributed by atoms with Gasteiger partial charge in [-0.1, -0.05) is 39.0 Å². The van der Waals surface area contributed by atoms with Gasteiger partial charge in [-0.2, -0.15) is 0 Å². The van der Waals surface area contributed by atoms with Crippen LogP contribution in [0.3, 0.4) is 0 Å². The predicted octanol–water partition coefficient (Wildman–Crippen LogP) is 4.99. The molecule has 2 unspecified atom stereocenters. The van der Waals surface area contributed by atoms with E-state index in [1.165, 1.54) is 44.7 Å². The summed E-state index contributed by atoms with van der Waals surface area (Å²) in [4.78, 5) is 12.1. The molecule has 1 N–H and O–H groups in total. The maximum atomic E-state index is 12.1. The molecule has 2 aliphatic carbocycles. The van der Waals surface area contributed by atoms with E-state index in [2.05, 4.69) is 5.32 Å². The van der Waals surface area contributed by atoms with Crippen molar-refractivity contribution in [1.82, 2.24) is 0 Å². The van der Waals surface area contributed by atoms with Crippen LogP contribution in [-0.4, -0.2) is 23.4 Å². The zero-order valence-electron chi connectivity index (χ0n) is 13.3. The van der Waals surface area contributed by atoms with Crippen molar-refractivity contribution < 1.29 is 4.79 Å². The minimum Gasteiger partial charge on any atom is -0.326 e. The summed E-state index contributed by atoms with van der Waals surface area (Å²) in [5.41, 5.74) is 3.88. The molecule has 3 heteroatoms. The first-order valence-electron chi connectivity index (χ1n) is 8.90. The van der Waals surface area contributed by atoms with Crippen LogP contribution in [0, 0.1) is 5.41 Å². The van der Waals surface area contributed by atoms with Crippen LogP contribution in [0.1, 0.15) is 51.4 Å². The van der Waals surface area contributed by atoms with Gasteiger partial charge in [0.25, 0.3) is 0 Å². The molecule has 2 saturated carbocycles. The lowest BCUT2D eigenvalue weighted by Crippen LogP contribution is -2.47. The van der Waals surface area contributed by atoms with Crippen molar-refractivity contribution in [2.45, 2.75) is 62.7 Å². The van der Waals surface area contributed by atoms with Crippen LogP contribution in [0.4, 0.5) is 5.69 Å². The molecule has 1 amide bonds. The van der Waals surface area contributed by atoms with E-state index in [0.29, 0.717) is 6.42 Å². The van der Waals surface area contributed by atoms with Crippen molar-refractivity contribution in [2.75, 3.05) is 11.5 Å². The molecule has 1 spiro atoms. The predicted molar refractivity (Wildman–Crippen MR) is 93.8 cm³/mol. The zero-order valence-corrected chi connectivity index (χ0v) is 14.2. The van der Waals surface area contributed by atoms with Gasteiger partial charge < -0.3 is 5.32 Å². The second-order valence-corrected chi connectivity index (χ2v) is 10.0. The Kier molecular flexibility index (Phi) is 3.98. The third-order valence-corrected chi connectivity index (χ3v) is 10.2. The lowest BCUT2D eigenvalue weighted by Gasteiger charge is -2.56. The number of hydrogen-bond donors (Lipinski definition) is 1. The van der Waals surface area contributed by atoms with Gasteiger partial charge in [0.15, 0.2) is 0 Å². The van der Waals surface area contributed by atoms with Crippen molar-refractivity contribution in [2.24, 2.45) is 5.41 Å². The maximum absolute atomic E-state index is 12.1. The Hall–Kier alpha value is -0.880. The number of amides is 1. The molecule has 22 heavy (non-hydrogen) atoms. The summed E-state index contributed by atoms with van der Waals surface area (Å²) in [6.45, 7) is 0. The Morgan fingerprint density at radius 3 is 2.50 bits per heavy atom. The topological polar surface area (TPSA) is 29.1 Å². The quantitative estimate of drug-likeness (QED) is 0.762. The van der Waals surface area contributed by atoms with Crippen LogP contribution in [-0.2, 0) is 4.79 Å². The van der Waals surface area contributed by atoms with Gasteiger partial charge in [-0.25, -0.2) is 0 Å². The summed E-state index contributed by atoms with van der Waals surface area (Å²) >= 11 is 0. The molecule has 0 aromatic heterocycles. The van der Waals surface area contributed by atoms with E-state index in [0.717, 1.165) is 28.8 Å². The Labute approximate surface area is 134 Å². The number of benzene rings is 1. The highest BCUT2D eigenvalue weighted by atomic mass is 31.1. The highest BCUT2D eigenvalue weighted by Crippen LogP contribution is 2.79. The van der Waals surface area contributed by atoms with Crippen LogP contribution >= 0.6 is 7.92 Å². The van der Waals surface area contributed by atoms with E-state index in [4.69, 9.17) is 0 Å². The zero-order chi connectivity index (χ0) is 15.0. The van der Waals surface area contributed by atoms with Crippen molar-refractivity contribution in [3.8, 4) is 0 Å². The largest absolute Gasteiger partial charge is 0.326 e. The van der Waals surface area contributed by atoms with Gasteiger partial charge in [-0.15, -0.1) is 0 Å². The number of carbonyl (C=O) groups is 1. The fraction of sp³-hybridized carbons (Fsp3) is 0.632. The molecule has 0 radical (unpaired) electrons. The third-order valence-electron chi connectivity index (χ3n) is 6.25. The summed E-state index contributed by atoms with van der Waals surface area (Å²) in [6, 6.07) is 9.82. The molecule has 1 saturated heterocycles. The maximum Gasteiger partial charge on any atom is 0.224 e. The van der Waals surface area contributed by atoms with Gasteiger partial charge >= 0.3 is 0 Å². The van der Waals surface area contributed by atoms with Crippen LogP contribution in [0.25, 0.3) is 0 Å². The molecule has 2 nitrogen and oxygen atoms in total. The summed E-state index contributed by atoms with van der Waals surface area (Å²) in [6.07, 6.45) is 12.1. The van der Waals surface area contributed by atoms with Gasteiger partial charge in [-0.05, 0) is 67.1 Å². The average Bonchev–Trinajstić information content (AvgIpc) is 3.08. The molecule has 1 heterocycles. The van der Waals surface area contributed by atoms with E-state index < -0.39 is 0 Å². The van der Waals surface area contributed by atoms with Crippen LogP contribution in [0.15, 0.2) is 30.3 Å². The van der Waals surface area contributed by atoms with Gasteiger partial charge in [0, 0.05) is 12.1 Å². The van der Waals surface area contributed by atoms with Crippen LogP contribution < -0.4 is 5.32 Å². The van der Waals surface area contributed by atoms with Crippen LogP contribution in [0.5, 0.6) is 0 Å². The molecule has 1 aromatic carbocycles. The van der Waals surface area contributed by atoms with E-state index >= 15 is 0 Å². The second-order valence-electron chi connectivity index (χ2n) is 7.30. The fourth-order valence-corrected chi connectivity index (χ4v) is 10.0. The number of hydrogen-bond acceptors (Lipinski definition) is 1. The highest BCUT2D eigenvalue weighted by Gasteiger charge is 2.63. The Morgan fingerprint density at radius 2 is 1.82 bits per heavy atom. The summed E-state index contributed by atoms with van der Waals surface area (Å²) < 4.78 is 0. The Bertz CT molecular complexity index is 524. The first-order chi connectivity index (χ1) is 10.8. The fourth-order valence-electron chi connectivity index (χ4n) is 5.44. The molecule has 0 bridgehead atoms. The third kappa shape index (κ3) is 2.40. The van der Waals surface area contributed by atoms with E-state index in [-0.39, 0.29) is 13.8 Å². The number of rotatable bonds is 5.